The third kappa shape index (κ3) is 4.50. The summed E-state index contributed by atoms with van der Waals surface area (Å²) in [6.07, 6.45) is 0. The highest BCUT2D eigenvalue weighted by Crippen LogP contribution is 2.22. The van der Waals surface area contributed by atoms with Crippen molar-refractivity contribution in [3.63, 3.8) is 0 Å². The van der Waals surface area contributed by atoms with Gasteiger partial charge in [-0.3, -0.25) is 4.79 Å². The number of anilines is 4. The molecule has 1 aromatic heterocycles. The van der Waals surface area contributed by atoms with Gasteiger partial charge in [-0.1, -0.05) is 12.1 Å². The minimum Gasteiger partial charge on any atom is -0.465 e. The predicted molar refractivity (Wildman–Crippen MR) is 108 cm³/mol. The first-order valence-corrected chi connectivity index (χ1v) is 8.64. The molecule has 2 N–H and O–H groups in total. The number of esters is 1. The number of aryl methyl sites for hydroxylation is 1. The lowest BCUT2D eigenvalue weighted by molar-refractivity contribution is 0.0601. The maximum Gasteiger partial charge on any atom is 0.339 e. The number of carbonyl (C=O) groups excluding carboxylic acids is 2. The van der Waals surface area contributed by atoms with E-state index in [0.29, 0.717) is 28.6 Å². The molecule has 0 aliphatic heterocycles. The fourth-order valence-electron chi connectivity index (χ4n) is 2.63. The third-order valence-corrected chi connectivity index (χ3v) is 4.00. The highest BCUT2D eigenvalue weighted by molar-refractivity contribution is 5.96. The Hall–Kier alpha value is -3.74. The van der Waals surface area contributed by atoms with Crippen molar-refractivity contribution in [2.45, 2.75) is 13.8 Å². The zero-order chi connectivity index (χ0) is 20.1. The smallest absolute Gasteiger partial charge is 0.339 e. The molecule has 0 aliphatic carbocycles. The van der Waals surface area contributed by atoms with E-state index in [0.717, 1.165) is 11.4 Å². The van der Waals surface area contributed by atoms with Crippen molar-refractivity contribution in [2.24, 2.45) is 0 Å². The number of methoxy groups -OCH3 is 1. The van der Waals surface area contributed by atoms with E-state index >= 15 is 0 Å². The first-order valence-electron chi connectivity index (χ1n) is 8.64. The van der Waals surface area contributed by atoms with E-state index in [1.807, 2.05) is 19.1 Å². The van der Waals surface area contributed by atoms with Crippen molar-refractivity contribution in [3.8, 4) is 0 Å². The van der Waals surface area contributed by atoms with E-state index in [4.69, 9.17) is 4.74 Å². The van der Waals surface area contributed by atoms with E-state index in [9.17, 15) is 9.59 Å². The van der Waals surface area contributed by atoms with Gasteiger partial charge in [-0.15, -0.1) is 0 Å². The van der Waals surface area contributed by atoms with Crippen LogP contribution in [0.25, 0.3) is 0 Å². The first kappa shape index (κ1) is 19.0. The largest absolute Gasteiger partial charge is 0.465 e. The van der Waals surface area contributed by atoms with Crippen LogP contribution in [0, 0.1) is 6.92 Å². The van der Waals surface area contributed by atoms with Gasteiger partial charge >= 0.3 is 5.97 Å². The molecule has 0 fully saturated rings. The van der Waals surface area contributed by atoms with Gasteiger partial charge in [0, 0.05) is 23.0 Å². The van der Waals surface area contributed by atoms with Crippen molar-refractivity contribution in [3.05, 3.63) is 71.4 Å². The lowest BCUT2D eigenvalue weighted by atomic mass is 10.1. The second-order valence-electron chi connectivity index (χ2n) is 6.14. The summed E-state index contributed by atoms with van der Waals surface area (Å²) in [5, 5.41) is 6.26. The summed E-state index contributed by atoms with van der Waals surface area (Å²) < 4.78 is 4.81. The number of nitrogens with one attached hydrogen (secondary N) is 2. The minimum atomic E-state index is -0.445. The van der Waals surface area contributed by atoms with Crippen LogP contribution in [0.2, 0.25) is 0 Å². The Kier molecular flexibility index (Phi) is 5.64. The molecule has 0 radical (unpaired) electrons. The van der Waals surface area contributed by atoms with E-state index < -0.39 is 5.97 Å². The number of rotatable bonds is 6. The van der Waals surface area contributed by atoms with Crippen molar-refractivity contribution >= 4 is 34.9 Å². The Labute approximate surface area is 162 Å². The molecule has 0 saturated carbocycles. The summed E-state index contributed by atoms with van der Waals surface area (Å²) in [5.41, 5.74) is 3.13. The molecule has 0 bridgehead atoms. The monoisotopic (exact) mass is 376 g/mol. The maximum atomic E-state index is 11.9. The zero-order valence-electron chi connectivity index (χ0n) is 15.8. The Bertz CT molecular complexity index is 1020. The average molecular weight is 376 g/mol. The van der Waals surface area contributed by atoms with Crippen LogP contribution in [-0.2, 0) is 4.74 Å². The van der Waals surface area contributed by atoms with Crippen molar-refractivity contribution in [1.29, 1.82) is 0 Å². The summed E-state index contributed by atoms with van der Waals surface area (Å²) in [7, 11) is 1.34. The molecule has 0 spiro atoms. The Morgan fingerprint density at radius 3 is 2.36 bits per heavy atom. The van der Waals surface area contributed by atoms with Gasteiger partial charge < -0.3 is 15.4 Å². The molecule has 2 aromatic carbocycles. The second-order valence-corrected chi connectivity index (χ2v) is 6.14. The quantitative estimate of drug-likeness (QED) is 0.490. The SMILES string of the molecule is COC(=O)c1ccccc1Nc1nc(C)cc(Nc2ccc(C(C)=O)cc2)n1. The number of nitrogens with zero attached hydrogens (tertiary/aromatic N) is 2. The van der Waals surface area contributed by atoms with Crippen LogP contribution >= 0.6 is 0 Å². The number of carbonyl (C=O) groups is 2. The molecule has 0 atom stereocenters. The van der Waals surface area contributed by atoms with E-state index in [2.05, 4.69) is 20.6 Å². The molecule has 28 heavy (non-hydrogen) atoms. The number of benzene rings is 2. The number of aromatic nitrogens is 2. The number of hydrogen-bond acceptors (Lipinski definition) is 7. The number of hydrogen-bond donors (Lipinski definition) is 2. The molecule has 3 aromatic rings. The number of ether oxygens (including phenoxy) is 1. The second kappa shape index (κ2) is 8.30. The molecule has 3 rings (SSSR count). The van der Waals surface area contributed by atoms with Crippen LogP contribution in [0.4, 0.5) is 23.1 Å². The highest BCUT2D eigenvalue weighted by atomic mass is 16.5. The zero-order valence-corrected chi connectivity index (χ0v) is 15.8. The summed E-state index contributed by atoms with van der Waals surface area (Å²) in [5.74, 6) is 0.500. The molecule has 0 amide bonds. The number of para-hydroxylation sites is 1. The standard InChI is InChI=1S/C21H20N4O3/c1-13-12-19(23-16-10-8-15(9-11-16)14(2)26)25-21(22-13)24-18-7-5-4-6-17(18)20(27)28-3/h4-12H,1-3H3,(H2,22,23,24,25). The van der Waals surface area contributed by atoms with Crippen molar-refractivity contribution in [1.82, 2.24) is 9.97 Å². The Balaban J connectivity index is 1.84. The van der Waals surface area contributed by atoms with Crippen LogP contribution in [-0.4, -0.2) is 28.8 Å². The predicted octanol–water partition coefficient (Wildman–Crippen LogP) is 4.26. The van der Waals surface area contributed by atoms with Crippen LogP contribution in [0.1, 0.15) is 33.3 Å². The number of ketones is 1. The maximum absolute atomic E-state index is 11.9. The Morgan fingerprint density at radius 1 is 0.964 bits per heavy atom. The topological polar surface area (TPSA) is 93.2 Å². The molecule has 0 unspecified atom stereocenters. The summed E-state index contributed by atoms with van der Waals surface area (Å²) in [4.78, 5) is 32.2. The van der Waals surface area contributed by atoms with Crippen LogP contribution in [0.15, 0.2) is 54.6 Å². The summed E-state index contributed by atoms with van der Waals surface area (Å²) in [6, 6.07) is 15.9. The normalized spacial score (nSPS) is 10.2. The van der Waals surface area contributed by atoms with E-state index in [1.54, 1.807) is 42.5 Å². The van der Waals surface area contributed by atoms with Crippen LogP contribution < -0.4 is 10.6 Å². The average Bonchev–Trinajstić information content (AvgIpc) is 2.68. The van der Waals surface area contributed by atoms with Crippen molar-refractivity contribution < 1.29 is 14.3 Å². The molecule has 142 valence electrons. The molecule has 1 heterocycles. The van der Waals surface area contributed by atoms with Gasteiger partial charge in [-0.05, 0) is 50.2 Å². The van der Waals surface area contributed by atoms with Crippen LogP contribution in [0.3, 0.4) is 0 Å². The molecular weight excluding hydrogens is 356 g/mol. The van der Waals surface area contributed by atoms with Crippen LogP contribution in [0.5, 0.6) is 0 Å². The first-order chi connectivity index (χ1) is 13.5. The van der Waals surface area contributed by atoms with Gasteiger partial charge in [0.05, 0.1) is 18.4 Å². The minimum absolute atomic E-state index is 0.0141. The van der Waals surface area contributed by atoms with Gasteiger partial charge in [0.1, 0.15) is 5.82 Å². The fourth-order valence-corrected chi connectivity index (χ4v) is 2.63. The summed E-state index contributed by atoms with van der Waals surface area (Å²) >= 11 is 0. The van der Waals surface area contributed by atoms with E-state index in [1.165, 1.54) is 14.0 Å². The van der Waals surface area contributed by atoms with Crippen molar-refractivity contribution in [2.75, 3.05) is 17.7 Å². The molecular formula is C21H20N4O3. The Morgan fingerprint density at radius 2 is 1.68 bits per heavy atom. The highest BCUT2D eigenvalue weighted by Gasteiger charge is 2.12. The summed E-state index contributed by atoms with van der Waals surface area (Å²) in [6.45, 7) is 3.38. The van der Waals surface area contributed by atoms with Gasteiger partial charge in [0.25, 0.3) is 0 Å². The molecule has 0 saturated heterocycles. The fraction of sp³-hybridized carbons (Fsp3) is 0.143. The van der Waals surface area contributed by atoms with E-state index in [-0.39, 0.29) is 5.78 Å². The van der Waals surface area contributed by atoms with Gasteiger partial charge in [0.15, 0.2) is 5.78 Å². The molecule has 7 heteroatoms. The lowest BCUT2D eigenvalue weighted by Gasteiger charge is -2.12. The lowest BCUT2D eigenvalue weighted by Crippen LogP contribution is -2.08. The number of Topliss-reactive ketones (excluding diaryl/α,β-unsaturated/α-hetero) is 1. The van der Waals surface area contributed by atoms with Gasteiger partial charge in [-0.2, -0.15) is 4.98 Å². The molecule has 7 nitrogen and oxygen atoms in total. The van der Waals surface area contributed by atoms with Gasteiger partial charge in [-0.25, -0.2) is 9.78 Å². The molecule has 0 aliphatic rings. The third-order valence-electron chi connectivity index (χ3n) is 4.00. The van der Waals surface area contributed by atoms with Gasteiger partial charge in [0.2, 0.25) is 5.95 Å².